The average molecular weight is 166 g/mol. The highest BCUT2D eigenvalue weighted by molar-refractivity contribution is 5.82. The lowest BCUT2D eigenvalue weighted by molar-refractivity contribution is -0.193. The van der Waals surface area contributed by atoms with Gasteiger partial charge in [-0.3, -0.25) is 15.0 Å². The van der Waals surface area contributed by atoms with E-state index < -0.39 is 0 Å². The summed E-state index contributed by atoms with van der Waals surface area (Å²) in [5.41, 5.74) is 0. The van der Waals surface area contributed by atoms with Crippen LogP contribution in [0.5, 0.6) is 0 Å². The Bertz CT molecular complexity index is 251. The minimum absolute atomic E-state index is 0.214. The van der Waals surface area contributed by atoms with Crippen LogP contribution in [0, 0.1) is 11.8 Å². The molecule has 0 radical (unpaired) electrons. The van der Waals surface area contributed by atoms with E-state index in [0.29, 0.717) is 23.9 Å². The molecule has 3 nitrogen and oxygen atoms in total. The van der Waals surface area contributed by atoms with Crippen molar-refractivity contribution < 1.29 is 4.79 Å². The van der Waals surface area contributed by atoms with Gasteiger partial charge in [0.25, 0.3) is 0 Å². The minimum atomic E-state index is 0.214. The summed E-state index contributed by atoms with van der Waals surface area (Å²) < 4.78 is 0. The number of nitrogens with zero attached hydrogens (tertiary/aromatic N) is 1. The molecule has 3 heteroatoms. The van der Waals surface area contributed by atoms with Crippen LogP contribution in [0.25, 0.3) is 0 Å². The summed E-state index contributed by atoms with van der Waals surface area (Å²) in [6.45, 7) is 1.72. The predicted octanol–water partition coefficient (Wildman–Crippen LogP) is -0.177. The molecule has 0 amide bonds. The van der Waals surface area contributed by atoms with Gasteiger partial charge in [-0.25, -0.2) is 0 Å². The normalized spacial score (nSPS) is 55.7. The van der Waals surface area contributed by atoms with Crippen LogP contribution >= 0.6 is 0 Å². The van der Waals surface area contributed by atoms with Gasteiger partial charge in [0.05, 0.1) is 12.2 Å². The minimum Gasteiger partial charge on any atom is -0.298 e. The number of piperidine rings is 3. The fourth-order valence-corrected chi connectivity index (χ4v) is 3.31. The zero-order chi connectivity index (χ0) is 8.46. The van der Waals surface area contributed by atoms with E-state index in [1.54, 1.807) is 6.92 Å². The van der Waals surface area contributed by atoms with Gasteiger partial charge in [0.15, 0.2) is 0 Å². The van der Waals surface area contributed by atoms with E-state index in [9.17, 15) is 4.79 Å². The summed E-state index contributed by atoms with van der Waals surface area (Å²) in [6, 6.07) is 0.895. The summed E-state index contributed by atoms with van der Waals surface area (Å²) in [5, 5.41) is 3.49. The van der Waals surface area contributed by atoms with Gasteiger partial charge in [-0.15, -0.1) is 0 Å². The molecule has 4 rings (SSSR count). The number of ketones is 1. The van der Waals surface area contributed by atoms with Gasteiger partial charge in [-0.2, -0.15) is 0 Å². The maximum atomic E-state index is 11.3. The van der Waals surface area contributed by atoms with Crippen molar-refractivity contribution in [3.8, 4) is 0 Å². The number of rotatable bonds is 1. The number of carbonyl (C=O) groups excluding carboxylic acids is 1. The molecule has 0 aromatic carbocycles. The number of hydrogen-bond acceptors (Lipinski definition) is 3. The third-order valence-electron chi connectivity index (χ3n) is 3.94. The number of carbonyl (C=O) groups is 1. The van der Waals surface area contributed by atoms with Crippen molar-refractivity contribution in [1.82, 2.24) is 10.2 Å². The number of Topliss-reactive ketones (excluding diaryl/α,β-unsaturated/α-hetero) is 1. The molecule has 12 heavy (non-hydrogen) atoms. The largest absolute Gasteiger partial charge is 0.298 e. The molecule has 0 aromatic rings. The van der Waals surface area contributed by atoms with Crippen LogP contribution in [-0.4, -0.2) is 36.0 Å². The van der Waals surface area contributed by atoms with Crippen molar-refractivity contribution in [1.29, 1.82) is 0 Å². The first-order chi connectivity index (χ1) is 5.70. The van der Waals surface area contributed by atoms with E-state index in [4.69, 9.17) is 0 Å². The molecule has 1 saturated carbocycles. The maximum Gasteiger partial charge on any atom is 0.147 e. The van der Waals surface area contributed by atoms with Crippen molar-refractivity contribution in [3.05, 3.63) is 0 Å². The third kappa shape index (κ3) is 0.559. The zero-order valence-electron chi connectivity index (χ0n) is 7.45. The Labute approximate surface area is 72.1 Å². The summed E-state index contributed by atoms with van der Waals surface area (Å²) in [4.78, 5) is 13.6. The van der Waals surface area contributed by atoms with Crippen LogP contribution in [0.2, 0.25) is 0 Å². The second-order valence-corrected chi connectivity index (χ2v) is 4.42. The molecule has 4 aliphatic rings. The maximum absolute atomic E-state index is 11.3. The molecule has 1 N–H and O–H groups in total. The van der Waals surface area contributed by atoms with Crippen molar-refractivity contribution in [2.45, 2.75) is 31.6 Å². The molecule has 4 bridgehead atoms. The van der Waals surface area contributed by atoms with Crippen molar-refractivity contribution in [2.75, 3.05) is 7.05 Å². The van der Waals surface area contributed by atoms with Gasteiger partial charge < -0.3 is 0 Å². The van der Waals surface area contributed by atoms with Crippen LogP contribution in [0.3, 0.4) is 0 Å². The lowest BCUT2D eigenvalue weighted by Crippen LogP contribution is -2.85. The molecule has 3 aliphatic heterocycles. The van der Waals surface area contributed by atoms with Gasteiger partial charge in [0.1, 0.15) is 5.78 Å². The fraction of sp³-hybridized carbons (Fsp3) is 0.889. The number of fused-ring (bicyclic) bond motifs is 1. The second kappa shape index (κ2) is 1.91. The van der Waals surface area contributed by atoms with E-state index in [-0.39, 0.29) is 6.04 Å². The van der Waals surface area contributed by atoms with Crippen LogP contribution in [-0.2, 0) is 4.79 Å². The molecular weight excluding hydrogens is 152 g/mol. The molecule has 66 valence electrons. The SMILES string of the molecule is CC(=O)C1C2CC3C2NC3N1C. The smallest absolute Gasteiger partial charge is 0.147 e. The van der Waals surface area contributed by atoms with Crippen molar-refractivity contribution in [2.24, 2.45) is 11.8 Å². The van der Waals surface area contributed by atoms with Crippen LogP contribution in [0.1, 0.15) is 13.3 Å². The summed E-state index contributed by atoms with van der Waals surface area (Å²) in [6.07, 6.45) is 1.78. The third-order valence-corrected chi connectivity index (χ3v) is 3.94. The first-order valence-corrected chi connectivity index (χ1v) is 4.68. The van der Waals surface area contributed by atoms with Gasteiger partial charge in [-0.05, 0) is 26.3 Å². The van der Waals surface area contributed by atoms with Gasteiger partial charge in [0, 0.05) is 12.0 Å². The lowest BCUT2D eigenvalue weighted by atomic mass is 9.55. The van der Waals surface area contributed by atoms with Crippen LogP contribution in [0.4, 0.5) is 0 Å². The number of likely N-dealkylation sites (N-methyl/N-ethyl adjacent to an activating group) is 1. The van der Waals surface area contributed by atoms with E-state index >= 15 is 0 Å². The summed E-state index contributed by atoms with van der Waals surface area (Å²) in [7, 11) is 2.07. The molecule has 5 unspecified atom stereocenters. The quantitative estimate of drug-likeness (QED) is 0.586. The van der Waals surface area contributed by atoms with Crippen molar-refractivity contribution in [3.63, 3.8) is 0 Å². The molecule has 0 spiro atoms. The fourth-order valence-electron chi connectivity index (χ4n) is 3.31. The Hall–Kier alpha value is -0.410. The molecule has 1 aliphatic carbocycles. The highest BCUT2D eigenvalue weighted by atomic mass is 16.1. The lowest BCUT2D eigenvalue weighted by Gasteiger charge is -2.70. The van der Waals surface area contributed by atoms with Crippen molar-refractivity contribution >= 4 is 5.78 Å². The van der Waals surface area contributed by atoms with Gasteiger partial charge >= 0.3 is 0 Å². The second-order valence-electron chi connectivity index (χ2n) is 4.42. The van der Waals surface area contributed by atoms with Gasteiger partial charge in [0.2, 0.25) is 0 Å². The van der Waals surface area contributed by atoms with Gasteiger partial charge in [-0.1, -0.05) is 0 Å². The Balaban J connectivity index is 1.90. The molecule has 0 aromatic heterocycles. The molecule has 3 heterocycles. The number of nitrogens with one attached hydrogen (secondary N) is 1. The molecular formula is C9H14N2O. The van der Waals surface area contributed by atoms with E-state index in [1.807, 2.05) is 0 Å². The summed E-state index contributed by atoms with van der Waals surface area (Å²) in [5.74, 6) is 1.82. The highest BCUT2D eigenvalue weighted by Gasteiger charge is 2.64. The Kier molecular flexibility index (Phi) is 1.12. The monoisotopic (exact) mass is 166 g/mol. The zero-order valence-corrected chi connectivity index (χ0v) is 7.45. The molecule has 3 saturated heterocycles. The Morgan fingerprint density at radius 2 is 2.25 bits per heavy atom. The predicted molar refractivity (Wildman–Crippen MR) is 44.5 cm³/mol. The van der Waals surface area contributed by atoms with E-state index in [0.717, 1.165) is 5.92 Å². The highest BCUT2D eigenvalue weighted by Crippen LogP contribution is 2.52. The van der Waals surface area contributed by atoms with Crippen LogP contribution < -0.4 is 5.32 Å². The molecule has 4 fully saturated rings. The average Bonchev–Trinajstić information content (AvgIpc) is 1.98. The number of hydrogen-bond donors (Lipinski definition) is 1. The summed E-state index contributed by atoms with van der Waals surface area (Å²) >= 11 is 0. The first kappa shape index (κ1) is 7.04. The first-order valence-electron chi connectivity index (χ1n) is 4.68. The van der Waals surface area contributed by atoms with E-state index in [1.165, 1.54) is 6.42 Å². The molecule has 5 atom stereocenters. The van der Waals surface area contributed by atoms with E-state index in [2.05, 4.69) is 17.3 Å². The van der Waals surface area contributed by atoms with Crippen LogP contribution in [0.15, 0.2) is 0 Å². The topological polar surface area (TPSA) is 32.3 Å². The Morgan fingerprint density at radius 1 is 1.50 bits per heavy atom. The Morgan fingerprint density at radius 3 is 2.58 bits per heavy atom. The standard InChI is InChI=1S/C9H14N2O/c1-4(12)8-5-3-6-7(5)10-9(6)11(8)2/h5-10H,3H2,1-2H3.